The molecule has 1 aromatic rings. The molecule has 0 bridgehead atoms. The second-order valence-corrected chi connectivity index (χ2v) is 5.78. The van der Waals surface area contributed by atoms with Crippen molar-refractivity contribution in [3.8, 4) is 0 Å². The average molecular weight is 387 g/mol. The van der Waals surface area contributed by atoms with Crippen molar-refractivity contribution in [2.45, 2.75) is 39.8 Å². The van der Waals surface area contributed by atoms with Crippen molar-refractivity contribution in [1.29, 1.82) is 0 Å². The Kier molecular flexibility index (Phi) is 6.02. The number of rotatable bonds is 5. The van der Waals surface area contributed by atoms with Crippen molar-refractivity contribution < 1.29 is 36.7 Å². The van der Waals surface area contributed by atoms with Crippen molar-refractivity contribution in [3.05, 3.63) is 46.2 Å². The van der Waals surface area contributed by atoms with E-state index in [0.29, 0.717) is 11.4 Å². The molecule has 9 heteroatoms. The molecule has 27 heavy (non-hydrogen) atoms. The maximum atomic E-state index is 13.0. The number of carbonyl (C=O) groups is 2. The van der Waals surface area contributed by atoms with Crippen LogP contribution in [0.1, 0.15) is 45.1 Å². The molecular weight excluding hydrogens is 367 g/mol. The Balaban J connectivity index is 2.63. The Morgan fingerprint density at radius 1 is 1.04 bits per heavy atom. The molecule has 0 aromatic carbocycles. The first kappa shape index (κ1) is 20.6. The molecule has 0 amide bonds. The minimum absolute atomic E-state index is 0.00595. The van der Waals surface area contributed by atoms with Gasteiger partial charge in [-0.2, -0.15) is 13.2 Å². The Labute approximate surface area is 154 Å². The zero-order valence-corrected chi connectivity index (χ0v) is 15.3. The van der Waals surface area contributed by atoms with Crippen molar-refractivity contribution in [2.24, 2.45) is 0 Å². The van der Waals surface area contributed by atoms with Gasteiger partial charge in [-0.3, -0.25) is 0 Å². The summed E-state index contributed by atoms with van der Waals surface area (Å²) in [6.07, 6.45) is -4.70. The SMILES string of the molecule is CCOC(=O)C1=C(C)NC(C)=C(C(=O)OCC)C1c1ccc(C(F)(F)F)o1. The quantitative estimate of drug-likeness (QED) is 0.777. The zero-order valence-electron chi connectivity index (χ0n) is 15.3. The number of hydrogen-bond donors (Lipinski definition) is 1. The summed E-state index contributed by atoms with van der Waals surface area (Å²) in [4.78, 5) is 24.9. The van der Waals surface area contributed by atoms with Gasteiger partial charge in [-0.25, -0.2) is 9.59 Å². The van der Waals surface area contributed by atoms with E-state index in [0.717, 1.165) is 12.1 Å². The van der Waals surface area contributed by atoms with Gasteiger partial charge in [-0.15, -0.1) is 0 Å². The molecule has 1 aliphatic heterocycles. The predicted octanol–water partition coefficient (Wildman–Crippen LogP) is 3.66. The van der Waals surface area contributed by atoms with Crippen LogP contribution in [0.15, 0.2) is 39.1 Å². The fourth-order valence-electron chi connectivity index (χ4n) is 2.90. The summed E-state index contributed by atoms with van der Waals surface area (Å²) in [5, 5.41) is 2.89. The van der Waals surface area contributed by atoms with Crippen LogP contribution in [0.25, 0.3) is 0 Å². The summed E-state index contributed by atoms with van der Waals surface area (Å²) in [6, 6.07) is 1.85. The van der Waals surface area contributed by atoms with E-state index in [9.17, 15) is 22.8 Å². The van der Waals surface area contributed by atoms with E-state index >= 15 is 0 Å². The summed E-state index contributed by atoms with van der Waals surface area (Å²) in [6.45, 7) is 6.45. The van der Waals surface area contributed by atoms with E-state index in [1.165, 1.54) is 0 Å². The molecule has 0 aliphatic carbocycles. The summed E-state index contributed by atoms with van der Waals surface area (Å²) >= 11 is 0. The molecular formula is C18H20F3NO5. The highest BCUT2D eigenvalue weighted by molar-refractivity contribution is 5.99. The number of halogens is 3. The average Bonchev–Trinajstić information content (AvgIpc) is 3.04. The van der Waals surface area contributed by atoms with Gasteiger partial charge in [-0.05, 0) is 39.8 Å². The number of carbonyl (C=O) groups excluding carboxylic acids is 2. The zero-order chi connectivity index (χ0) is 20.4. The van der Waals surface area contributed by atoms with Crippen LogP contribution in [-0.4, -0.2) is 25.2 Å². The van der Waals surface area contributed by atoms with Gasteiger partial charge >= 0.3 is 18.1 Å². The van der Waals surface area contributed by atoms with E-state index < -0.39 is 29.8 Å². The van der Waals surface area contributed by atoms with Crippen LogP contribution < -0.4 is 5.32 Å². The summed E-state index contributed by atoms with van der Waals surface area (Å²) < 4.78 is 53.9. The number of ether oxygens (including phenoxy) is 2. The third-order valence-electron chi connectivity index (χ3n) is 3.94. The van der Waals surface area contributed by atoms with E-state index in [-0.39, 0.29) is 30.1 Å². The molecule has 0 spiro atoms. The normalized spacial score (nSPS) is 15.7. The first-order chi connectivity index (χ1) is 12.6. The summed E-state index contributed by atoms with van der Waals surface area (Å²) in [5.74, 6) is -4.12. The molecule has 0 radical (unpaired) electrons. The lowest BCUT2D eigenvalue weighted by Gasteiger charge is -2.28. The molecule has 0 fully saturated rings. The summed E-state index contributed by atoms with van der Waals surface area (Å²) in [5.41, 5.74) is 0.699. The number of dihydropyridines is 1. The molecule has 148 valence electrons. The smallest absolute Gasteiger partial charge is 0.449 e. The van der Waals surface area contributed by atoms with Crippen molar-refractivity contribution >= 4 is 11.9 Å². The third kappa shape index (κ3) is 4.17. The number of hydrogen-bond acceptors (Lipinski definition) is 6. The molecule has 0 saturated heterocycles. The monoisotopic (exact) mass is 387 g/mol. The molecule has 1 aliphatic rings. The highest BCUT2D eigenvalue weighted by Crippen LogP contribution is 2.41. The lowest BCUT2D eigenvalue weighted by molar-refractivity contribution is -0.153. The number of alkyl halides is 3. The van der Waals surface area contributed by atoms with Gasteiger partial charge in [0, 0.05) is 11.4 Å². The second kappa shape index (κ2) is 7.89. The minimum atomic E-state index is -4.70. The number of nitrogens with one attached hydrogen (secondary N) is 1. The summed E-state index contributed by atoms with van der Waals surface area (Å²) in [7, 11) is 0. The fourth-order valence-corrected chi connectivity index (χ4v) is 2.90. The predicted molar refractivity (Wildman–Crippen MR) is 88.3 cm³/mol. The number of allylic oxidation sites excluding steroid dienone is 2. The van der Waals surface area contributed by atoms with Crippen LogP contribution in [0, 0.1) is 0 Å². The lowest BCUT2D eigenvalue weighted by Crippen LogP contribution is -2.32. The molecule has 2 rings (SSSR count). The number of esters is 2. The molecule has 0 unspecified atom stereocenters. The molecule has 0 atom stereocenters. The molecule has 6 nitrogen and oxygen atoms in total. The topological polar surface area (TPSA) is 77.8 Å². The van der Waals surface area contributed by atoms with Crippen LogP contribution in [0.2, 0.25) is 0 Å². The largest absolute Gasteiger partial charge is 0.463 e. The maximum absolute atomic E-state index is 13.0. The Hall–Kier alpha value is -2.71. The Morgan fingerprint density at radius 3 is 1.89 bits per heavy atom. The van der Waals surface area contributed by atoms with Gasteiger partial charge in [0.15, 0.2) is 0 Å². The van der Waals surface area contributed by atoms with Crippen molar-refractivity contribution in [3.63, 3.8) is 0 Å². The van der Waals surface area contributed by atoms with Crippen molar-refractivity contribution in [2.75, 3.05) is 13.2 Å². The third-order valence-corrected chi connectivity index (χ3v) is 3.94. The van der Waals surface area contributed by atoms with Crippen LogP contribution in [0.4, 0.5) is 13.2 Å². The van der Waals surface area contributed by atoms with Gasteiger partial charge < -0.3 is 19.2 Å². The molecule has 1 N–H and O–H groups in total. The van der Waals surface area contributed by atoms with Crippen LogP contribution in [0.3, 0.4) is 0 Å². The van der Waals surface area contributed by atoms with Crippen molar-refractivity contribution in [1.82, 2.24) is 5.32 Å². The van der Waals surface area contributed by atoms with E-state index in [1.54, 1.807) is 27.7 Å². The standard InChI is InChI=1S/C18H20F3NO5/c1-5-25-16(23)13-9(3)22-10(4)14(17(24)26-6-2)15(13)11-7-8-12(27-11)18(19,20)21/h7-8,15,22H,5-6H2,1-4H3. The fraction of sp³-hybridized carbons (Fsp3) is 0.444. The van der Waals surface area contributed by atoms with E-state index in [2.05, 4.69) is 5.32 Å². The Morgan fingerprint density at radius 2 is 1.52 bits per heavy atom. The molecule has 0 saturated carbocycles. The first-order valence-electron chi connectivity index (χ1n) is 8.31. The lowest BCUT2D eigenvalue weighted by atomic mass is 9.83. The minimum Gasteiger partial charge on any atom is -0.463 e. The van der Waals surface area contributed by atoms with Crippen LogP contribution in [0.5, 0.6) is 0 Å². The maximum Gasteiger partial charge on any atom is 0.449 e. The van der Waals surface area contributed by atoms with Gasteiger partial charge in [0.2, 0.25) is 5.76 Å². The second-order valence-electron chi connectivity index (χ2n) is 5.78. The molecule has 2 heterocycles. The van der Waals surface area contributed by atoms with Crippen LogP contribution >= 0.6 is 0 Å². The van der Waals surface area contributed by atoms with Gasteiger partial charge in [0.05, 0.1) is 30.3 Å². The van der Waals surface area contributed by atoms with Gasteiger partial charge in [-0.1, -0.05) is 0 Å². The highest BCUT2D eigenvalue weighted by Gasteiger charge is 2.42. The highest BCUT2D eigenvalue weighted by atomic mass is 19.4. The van der Waals surface area contributed by atoms with Crippen LogP contribution in [-0.2, 0) is 25.2 Å². The number of furan rings is 1. The Bertz CT molecular complexity index is 764. The van der Waals surface area contributed by atoms with Gasteiger partial charge in [0.1, 0.15) is 5.76 Å². The van der Waals surface area contributed by atoms with E-state index in [4.69, 9.17) is 13.9 Å². The molecule has 1 aromatic heterocycles. The first-order valence-corrected chi connectivity index (χ1v) is 8.31. The van der Waals surface area contributed by atoms with E-state index in [1.807, 2.05) is 0 Å². The van der Waals surface area contributed by atoms with Gasteiger partial charge in [0.25, 0.3) is 0 Å².